The SMILES string of the molecule is CO[C@H](C(=O)N(Cc1ccccn1)C1CC1)c1ccccc1. The lowest BCUT2D eigenvalue weighted by Gasteiger charge is -2.26. The Morgan fingerprint density at radius 1 is 1.23 bits per heavy atom. The van der Waals surface area contributed by atoms with Crippen molar-refractivity contribution in [2.45, 2.75) is 31.5 Å². The predicted molar refractivity (Wildman–Crippen MR) is 84.0 cm³/mol. The maximum absolute atomic E-state index is 12.9. The van der Waals surface area contributed by atoms with Gasteiger partial charge in [-0.2, -0.15) is 0 Å². The van der Waals surface area contributed by atoms with Gasteiger partial charge in [0.2, 0.25) is 0 Å². The Balaban J connectivity index is 1.80. The quantitative estimate of drug-likeness (QED) is 0.823. The van der Waals surface area contributed by atoms with Crippen LogP contribution in [-0.4, -0.2) is 28.9 Å². The summed E-state index contributed by atoms with van der Waals surface area (Å²) < 4.78 is 5.48. The fourth-order valence-electron chi connectivity index (χ4n) is 2.60. The van der Waals surface area contributed by atoms with Gasteiger partial charge in [-0.25, -0.2) is 0 Å². The van der Waals surface area contributed by atoms with Crippen LogP contribution in [0.3, 0.4) is 0 Å². The van der Waals surface area contributed by atoms with Crippen molar-refractivity contribution in [1.29, 1.82) is 0 Å². The molecular formula is C18H20N2O2. The zero-order valence-electron chi connectivity index (χ0n) is 12.7. The van der Waals surface area contributed by atoms with Crippen molar-refractivity contribution in [1.82, 2.24) is 9.88 Å². The maximum Gasteiger partial charge on any atom is 0.256 e. The van der Waals surface area contributed by atoms with Crippen LogP contribution in [0.2, 0.25) is 0 Å². The fourth-order valence-corrected chi connectivity index (χ4v) is 2.60. The minimum atomic E-state index is -0.550. The van der Waals surface area contributed by atoms with Crippen LogP contribution in [0.4, 0.5) is 0 Å². The van der Waals surface area contributed by atoms with Gasteiger partial charge in [-0.05, 0) is 30.5 Å². The number of amides is 1. The molecule has 1 aliphatic carbocycles. The summed E-state index contributed by atoms with van der Waals surface area (Å²) in [7, 11) is 1.58. The second-order valence-electron chi connectivity index (χ2n) is 5.54. The van der Waals surface area contributed by atoms with Gasteiger partial charge < -0.3 is 9.64 Å². The van der Waals surface area contributed by atoms with Crippen LogP contribution in [0.25, 0.3) is 0 Å². The van der Waals surface area contributed by atoms with E-state index in [9.17, 15) is 4.79 Å². The molecule has 0 unspecified atom stereocenters. The lowest BCUT2D eigenvalue weighted by atomic mass is 10.1. The van der Waals surface area contributed by atoms with E-state index >= 15 is 0 Å². The van der Waals surface area contributed by atoms with Gasteiger partial charge in [0.05, 0.1) is 12.2 Å². The number of pyridine rings is 1. The second kappa shape index (κ2) is 6.71. The molecule has 0 aliphatic heterocycles. The number of methoxy groups -OCH3 is 1. The molecule has 1 aromatic carbocycles. The first-order valence-corrected chi connectivity index (χ1v) is 7.57. The van der Waals surface area contributed by atoms with Crippen LogP contribution in [0.5, 0.6) is 0 Å². The van der Waals surface area contributed by atoms with E-state index in [0.29, 0.717) is 12.6 Å². The summed E-state index contributed by atoms with van der Waals surface area (Å²) in [4.78, 5) is 19.2. The number of nitrogens with zero attached hydrogens (tertiary/aromatic N) is 2. The Morgan fingerprint density at radius 2 is 1.95 bits per heavy atom. The third-order valence-electron chi connectivity index (χ3n) is 3.89. The van der Waals surface area contributed by atoms with E-state index in [4.69, 9.17) is 4.74 Å². The monoisotopic (exact) mass is 296 g/mol. The molecule has 1 aromatic heterocycles. The Morgan fingerprint density at radius 3 is 2.55 bits per heavy atom. The van der Waals surface area contributed by atoms with Gasteiger partial charge >= 0.3 is 0 Å². The summed E-state index contributed by atoms with van der Waals surface area (Å²) in [5, 5.41) is 0. The van der Waals surface area contributed by atoms with Crippen molar-refractivity contribution in [2.75, 3.05) is 7.11 Å². The molecule has 1 fully saturated rings. The van der Waals surface area contributed by atoms with E-state index in [0.717, 1.165) is 24.1 Å². The minimum Gasteiger partial charge on any atom is -0.367 e. The molecule has 1 saturated carbocycles. The predicted octanol–water partition coefficient (Wildman–Crippen LogP) is 2.96. The minimum absolute atomic E-state index is 0.0156. The molecule has 114 valence electrons. The third kappa shape index (κ3) is 3.34. The van der Waals surface area contributed by atoms with Crippen molar-refractivity contribution in [2.24, 2.45) is 0 Å². The number of ether oxygens (including phenoxy) is 1. The van der Waals surface area contributed by atoms with Gasteiger partial charge in [0.15, 0.2) is 6.10 Å². The molecule has 1 aliphatic rings. The molecule has 0 saturated heterocycles. The average molecular weight is 296 g/mol. The van der Waals surface area contributed by atoms with Gasteiger partial charge in [0.25, 0.3) is 5.91 Å². The first-order valence-electron chi connectivity index (χ1n) is 7.57. The Kier molecular flexibility index (Phi) is 4.49. The zero-order valence-corrected chi connectivity index (χ0v) is 12.7. The van der Waals surface area contributed by atoms with Crippen LogP contribution < -0.4 is 0 Å². The number of benzene rings is 1. The molecule has 4 heteroatoms. The Bertz CT molecular complexity index is 611. The van der Waals surface area contributed by atoms with E-state index in [1.807, 2.05) is 53.4 Å². The van der Waals surface area contributed by atoms with E-state index < -0.39 is 6.10 Å². The number of hydrogen-bond donors (Lipinski definition) is 0. The third-order valence-corrected chi connectivity index (χ3v) is 3.89. The number of rotatable bonds is 6. The van der Waals surface area contributed by atoms with E-state index in [1.54, 1.807) is 13.3 Å². The van der Waals surface area contributed by atoms with Gasteiger partial charge in [-0.3, -0.25) is 9.78 Å². The summed E-state index contributed by atoms with van der Waals surface area (Å²) in [5.74, 6) is 0.0156. The van der Waals surface area contributed by atoms with Crippen molar-refractivity contribution in [3.05, 3.63) is 66.0 Å². The fraction of sp³-hybridized carbons (Fsp3) is 0.333. The summed E-state index contributed by atoms with van der Waals surface area (Å²) in [6, 6.07) is 15.7. The number of aromatic nitrogens is 1. The van der Waals surface area contributed by atoms with Crippen LogP contribution in [-0.2, 0) is 16.1 Å². The molecule has 3 rings (SSSR count). The highest BCUT2D eigenvalue weighted by atomic mass is 16.5. The first-order chi connectivity index (χ1) is 10.8. The lowest BCUT2D eigenvalue weighted by molar-refractivity contribution is -0.143. The van der Waals surface area contributed by atoms with Crippen molar-refractivity contribution in [3.8, 4) is 0 Å². The highest BCUT2D eigenvalue weighted by molar-refractivity contribution is 5.83. The zero-order chi connectivity index (χ0) is 15.4. The highest BCUT2D eigenvalue weighted by Crippen LogP contribution is 2.31. The number of hydrogen-bond acceptors (Lipinski definition) is 3. The number of carbonyl (C=O) groups is 1. The lowest BCUT2D eigenvalue weighted by Crippen LogP contribution is -2.37. The molecule has 0 radical (unpaired) electrons. The molecule has 0 bridgehead atoms. The normalized spacial score (nSPS) is 15.3. The van der Waals surface area contributed by atoms with Gasteiger partial charge in [-0.15, -0.1) is 0 Å². The van der Waals surface area contributed by atoms with Gasteiger partial charge in [-0.1, -0.05) is 36.4 Å². The molecule has 2 aromatic rings. The summed E-state index contributed by atoms with van der Waals surface area (Å²) in [6.45, 7) is 0.539. The molecule has 0 N–H and O–H groups in total. The van der Waals surface area contributed by atoms with E-state index in [-0.39, 0.29) is 5.91 Å². The molecule has 1 amide bonds. The van der Waals surface area contributed by atoms with Crippen LogP contribution in [0, 0.1) is 0 Å². The first kappa shape index (κ1) is 14.7. The van der Waals surface area contributed by atoms with Crippen LogP contribution in [0.1, 0.15) is 30.2 Å². The maximum atomic E-state index is 12.9. The van der Waals surface area contributed by atoms with E-state index in [2.05, 4.69) is 4.98 Å². The van der Waals surface area contributed by atoms with Crippen molar-refractivity contribution >= 4 is 5.91 Å². The van der Waals surface area contributed by atoms with E-state index in [1.165, 1.54) is 0 Å². The summed E-state index contributed by atoms with van der Waals surface area (Å²) in [5.41, 5.74) is 1.80. The average Bonchev–Trinajstić information content (AvgIpc) is 3.40. The largest absolute Gasteiger partial charge is 0.367 e. The second-order valence-corrected chi connectivity index (χ2v) is 5.54. The standard InChI is InChI=1S/C18H20N2O2/c1-22-17(14-7-3-2-4-8-14)18(21)20(16-10-11-16)13-15-9-5-6-12-19-15/h2-9,12,16-17H,10-11,13H2,1H3/t17-/m0/s1. The Labute approximate surface area is 130 Å². The smallest absolute Gasteiger partial charge is 0.256 e. The summed E-state index contributed by atoms with van der Waals surface area (Å²) >= 11 is 0. The topological polar surface area (TPSA) is 42.4 Å². The van der Waals surface area contributed by atoms with Crippen molar-refractivity contribution < 1.29 is 9.53 Å². The molecule has 0 spiro atoms. The van der Waals surface area contributed by atoms with Crippen LogP contribution in [0.15, 0.2) is 54.7 Å². The van der Waals surface area contributed by atoms with Gasteiger partial charge in [0, 0.05) is 19.3 Å². The molecule has 4 nitrogen and oxygen atoms in total. The Hall–Kier alpha value is -2.20. The summed E-state index contributed by atoms with van der Waals surface area (Å²) in [6.07, 6.45) is 3.33. The molecule has 1 heterocycles. The molecule has 22 heavy (non-hydrogen) atoms. The molecule has 1 atom stereocenters. The molecular weight excluding hydrogens is 276 g/mol. The van der Waals surface area contributed by atoms with Gasteiger partial charge in [0.1, 0.15) is 0 Å². The highest BCUT2D eigenvalue weighted by Gasteiger charge is 2.36. The number of carbonyl (C=O) groups excluding carboxylic acids is 1. The van der Waals surface area contributed by atoms with Crippen LogP contribution >= 0.6 is 0 Å². The van der Waals surface area contributed by atoms with Crippen molar-refractivity contribution in [3.63, 3.8) is 0 Å².